The molecule has 0 radical (unpaired) electrons. The quantitative estimate of drug-likeness (QED) is 0.745. The third kappa shape index (κ3) is 1.62. The van der Waals surface area contributed by atoms with Crippen molar-refractivity contribution in [2.24, 2.45) is 0 Å². The van der Waals surface area contributed by atoms with E-state index < -0.39 is 15.8 Å². The van der Waals surface area contributed by atoms with E-state index in [0.29, 0.717) is 0 Å². The Bertz CT molecular complexity index is 375. The Morgan fingerprint density at radius 2 is 1.92 bits per heavy atom. The van der Waals surface area contributed by atoms with Gasteiger partial charge in [0.05, 0.1) is 0 Å². The van der Waals surface area contributed by atoms with Gasteiger partial charge >= 0.3 is 0 Å². The van der Waals surface area contributed by atoms with Crippen molar-refractivity contribution in [2.45, 2.75) is 4.90 Å². The Morgan fingerprint density at radius 3 is 2.42 bits per heavy atom. The van der Waals surface area contributed by atoms with Gasteiger partial charge in [0, 0.05) is 0 Å². The smallest absolute Gasteiger partial charge is 0.214 e. The monoisotopic (exact) mass is 189 g/mol. The Kier molecular flexibility index (Phi) is 2.44. The fourth-order valence-corrected chi connectivity index (χ4v) is 1.58. The molecule has 0 aliphatic rings. The molecule has 0 aliphatic carbocycles. The molecule has 0 heterocycles. The molecule has 0 aliphatic heterocycles. The summed E-state index contributed by atoms with van der Waals surface area (Å²) in [5.74, 6) is -0.744. The van der Waals surface area contributed by atoms with Gasteiger partial charge in [0.15, 0.2) is 0 Å². The lowest BCUT2D eigenvalue weighted by molar-refractivity contribution is 0.561. The number of sulfonamides is 1. The average Bonchev–Trinajstić information content (AvgIpc) is 2.05. The van der Waals surface area contributed by atoms with Gasteiger partial charge in [0.1, 0.15) is 10.7 Å². The summed E-state index contributed by atoms with van der Waals surface area (Å²) in [6.07, 6.45) is 0. The van der Waals surface area contributed by atoms with Crippen LogP contribution in [-0.2, 0) is 10.0 Å². The molecule has 0 saturated carbocycles. The van der Waals surface area contributed by atoms with E-state index in [4.69, 9.17) is 0 Å². The highest BCUT2D eigenvalue weighted by atomic mass is 32.2. The molecule has 3 nitrogen and oxygen atoms in total. The van der Waals surface area contributed by atoms with Gasteiger partial charge in [-0.3, -0.25) is 0 Å². The maximum atomic E-state index is 12.9. The zero-order valence-electron chi connectivity index (χ0n) is 6.41. The van der Waals surface area contributed by atoms with Crippen molar-refractivity contribution in [1.82, 2.24) is 4.72 Å². The van der Waals surface area contributed by atoms with Gasteiger partial charge in [-0.25, -0.2) is 17.5 Å². The van der Waals surface area contributed by atoms with Crippen LogP contribution in [0.4, 0.5) is 4.39 Å². The third-order valence-corrected chi connectivity index (χ3v) is 2.84. The van der Waals surface area contributed by atoms with Crippen LogP contribution in [0.2, 0.25) is 0 Å². The summed E-state index contributed by atoms with van der Waals surface area (Å²) in [7, 11) is -2.42. The van der Waals surface area contributed by atoms with Gasteiger partial charge in [-0.2, -0.15) is 0 Å². The standard InChI is InChI=1S/C7H8FNO2S/c1-9-12(10,11)7-5-3-2-4-6(7)8/h2-5,9H,1H3. The molecule has 66 valence electrons. The molecule has 1 aromatic carbocycles. The number of benzene rings is 1. The molecule has 1 rings (SSSR count). The van der Waals surface area contributed by atoms with Gasteiger partial charge in [0.2, 0.25) is 10.0 Å². The van der Waals surface area contributed by atoms with Crippen molar-refractivity contribution < 1.29 is 12.8 Å². The summed E-state index contributed by atoms with van der Waals surface area (Å²) >= 11 is 0. The number of hydrogen-bond acceptors (Lipinski definition) is 2. The van der Waals surface area contributed by atoms with Crippen molar-refractivity contribution in [3.63, 3.8) is 0 Å². The minimum atomic E-state index is -3.65. The summed E-state index contributed by atoms with van der Waals surface area (Å²) < 4.78 is 37.0. The molecule has 12 heavy (non-hydrogen) atoms. The summed E-state index contributed by atoms with van der Waals surface area (Å²) in [4.78, 5) is -0.326. The average molecular weight is 189 g/mol. The Hall–Kier alpha value is -0.940. The van der Waals surface area contributed by atoms with Crippen molar-refractivity contribution in [1.29, 1.82) is 0 Å². The maximum absolute atomic E-state index is 12.9. The lowest BCUT2D eigenvalue weighted by Crippen LogP contribution is -2.19. The minimum absolute atomic E-state index is 0.326. The van der Waals surface area contributed by atoms with Gasteiger partial charge in [-0.05, 0) is 19.2 Å². The molecule has 0 saturated heterocycles. The molecule has 0 aromatic heterocycles. The van der Waals surface area contributed by atoms with Crippen molar-refractivity contribution >= 4 is 10.0 Å². The van der Waals surface area contributed by atoms with E-state index in [1.54, 1.807) is 0 Å². The van der Waals surface area contributed by atoms with Crippen LogP contribution in [0.15, 0.2) is 29.2 Å². The highest BCUT2D eigenvalue weighted by Crippen LogP contribution is 2.11. The molecule has 0 unspecified atom stereocenters. The summed E-state index contributed by atoms with van der Waals surface area (Å²) in [6, 6.07) is 5.21. The van der Waals surface area contributed by atoms with E-state index >= 15 is 0 Å². The van der Waals surface area contributed by atoms with Gasteiger partial charge < -0.3 is 0 Å². The lowest BCUT2D eigenvalue weighted by Gasteiger charge is -2.01. The number of rotatable bonds is 2. The molecule has 1 aromatic rings. The molecule has 1 N–H and O–H groups in total. The van der Waals surface area contributed by atoms with E-state index in [0.717, 1.165) is 6.07 Å². The molecule has 0 fully saturated rings. The van der Waals surface area contributed by atoms with Crippen LogP contribution in [-0.4, -0.2) is 15.5 Å². The van der Waals surface area contributed by atoms with Crippen LogP contribution in [0.3, 0.4) is 0 Å². The number of hydrogen-bond donors (Lipinski definition) is 1. The predicted octanol–water partition coefficient (Wildman–Crippen LogP) is 0.734. The topological polar surface area (TPSA) is 46.2 Å². The fraction of sp³-hybridized carbons (Fsp3) is 0.143. The van der Waals surface area contributed by atoms with Crippen LogP contribution >= 0.6 is 0 Å². The van der Waals surface area contributed by atoms with Crippen LogP contribution in [0.25, 0.3) is 0 Å². The second-order valence-electron chi connectivity index (χ2n) is 2.14. The van der Waals surface area contributed by atoms with Crippen molar-refractivity contribution in [3.05, 3.63) is 30.1 Å². The SMILES string of the molecule is CNS(=O)(=O)c1ccccc1F. The molecule has 0 spiro atoms. The van der Waals surface area contributed by atoms with Crippen molar-refractivity contribution in [3.8, 4) is 0 Å². The van der Waals surface area contributed by atoms with E-state index in [1.807, 2.05) is 4.72 Å². The summed E-state index contributed by atoms with van der Waals surface area (Å²) in [6.45, 7) is 0. The summed E-state index contributed by atoms with van der Waals surface area (Å²) in [5.41, 5.74) is 0. The summed E-state index contributed by atoms with van der Waals surface area (Å²) in [5, 5.41) is 0. The maximum Gasteiger partial charge on any atom is 0.243 e. The molecule has 0 atom stereocenters. The Balaban J connectivity index is 3.30. The normalized spacial score (nSPS) is 11.5. The van der Waals surface area contributed by atoms with E-state index in [1.165, 1.54) is 25.2 Å². The van der Waals surface area contributed by atoms with Crippen LogP contribution < -0.4 is 4.72 Å². The van der Waals surface area contributed by atoms with Crippen molar-refractivity contribution in [2.75, 3.05) is 7.05 Å². The largest absolute Gasteiger partial charge is 0.243 e. The first-order chi connectivity index (χ1) is 5.58. The van der Waals surface area contributed by atoms with Crippen LogP contribution in [0.1, 0.15) is 0 Å². The molecular weight excluding hydrogens is 181 g/mol. The first kappa shape index (κ1) is 9.15. The van der Waals surface area contributed by atoms with Gasteiger partial charge in [0.25, 0.3) is 0 Å². The Morgan fingerprint density at radius 1 is 1.33 bits per heavy atom. The van der Waals surface area contributed by atoms with E-state index in [2.05, 4.69) is 0 Å². The van der Waals surface area contributed by atoms with Crippen LogP contribution in [0.5, 0.6) is 0 Å². The van der Waals surface area contributed by atoms with E-state index in [9.17, 15) is 12.8 Å². The van der Waals surface area contributed by atoms with Gasteiger partial charge in [-0.15, -0.1) is 0 Å². The van der Waals surface area contributed by atoms with E-state index in [-0.39, 0.29) is 4.90 Å². The predicted molar refractivity (Wildman–Crippen MR) is 42.6 cm³/mol. The minimum Gasteiger partial charge on any atom is -0.214 e. The first-order valence-corrected chi connectivity index (χ1v) is 4.74. The third-order valence-electron chi connectivity index (χ3n) is 1.39. The fourth-order valence-electron chi connectivity index (χ4n) is 0.773. The lowest BCUT2D eigenvalue weighted by atomic mass is 10.4. The molecule has 0 bridgehead atoms. The molecular formula is C7H8FNO2S. The zero-order chi connectivity index (χ0) is 9.19. The first-order valence-electron chi connectivity index (χ1n) is 3.26. The highest BCUT2D eigenvalue weighted by molar-refractivity contribution is 7.89. The second kappa shape index (κ2) is 3.20. The van der Waals surface area contributed by atoms with Gasteiger partial charge in [-0.1, -0.05) is 12.1 Å². The zero-order valence-corrected chi connectivity index (χ0v) is 7.23. The second-order valence-corrected chi connectivity index (χ2v) is 3.99. The molecule has 0 amide bonds. The number of nitrogens with one attached hydrogen (secondary N) is 1. The Labute approximate surface area is 70.3 Å². The highest BCUT2D eigenvalue weighted by Gasteiger charge is 2.15. The number of halogens is 1. The van der Waals surface area contributed by atoms with Crippen LogP contribution in [0, 0.1) is 5.82 Å². The molecule has 5 heteroatoms.